The minimum Gasteiger partial charge on any atom is -0.507 e. The minimum absolute atomic E-state index is 0.00557. The molecular formula is C18H21ClN4O3. The van der Waals surface area contributed by atoms with Crippen LogP contribution < -0.4 is 5.73 Å². The van der Waals surface area contributed by atoms with E-state index in [1.54, 1.807) is 6.07 Å². The number of aromatic nitrogens is 2. The fourth-order valence-corrected chi connectivity index (χ4v) is 3.24. The van der Waals surface area contributed by atoms with Crippen LogP contribution in [-0.4, -0.2) is 31.7 Å². The first kappa shape index (κ1) is 18.3. The smallest absolute Gasteiger partial charge is 0.410 e. The van der Waals surface area contributed by atoms with Crippen LogP contribution in [-0.2, 0) is 17.8 Å². The predicted molar refractivity (Wildman–Crippen MR) is 98.8 cm³/mol. The number of phenolic OH excluding ortho intramolecular Hbond substituents is 1. The highest BCUT2D eigenvalue weighted by Crippen LogP contribution is 2.39. The van der Waals surface area contributed by atoms with Crippen LogP contribution >= 0.6 is 11.6 Å². The Kier molecular flexibility index (Phi) is 4.44. The summed E-state index contributed by atoms with van der Waals surface area (Å²) in [6.45, 7) is 7.82. The molecule has 0 bridgehead atoms. The number of benzene rings is 1. The van der Waals surface area contributed by atoms with Crippen molar-refractivity contribution in [3.05, 3.63) is 34.0 Å². The van der Waals surface area contributed by atoms with Gasteiger partial charge >= 0.3 is 6.09 Å². The van der Waals surface area contributed by atoms with Crippen molar-refractivity contribution in [2.75, 3.05) is 5.73 Å². The molecule has 138 valence electrons. The molecule has 0 atom stereocenters. The summed E-state index contributed by atoms with van der Waals surface area (Å²) in [5.41, 5.74) is 8.45. The molecule has 1 aromatic heterocycles. The van der Waals surface area contributed by atoms with Gasteiger partial charge in [-0.1, -0.05) is 11.6 Å². The number of phenols is 1. The van der Waals surface area contributed by atoms with Gasteiger partial charge in [0.1, 0.15) is 11.4 Å². The maximum atomic E-state index is 12.4. The van der Waals surface area contributed by atoms with Crippen LogP contribution in [0, 0.1) is 6.92 Å². The normalized spacial score (nSPS) is 13.7. The fourth-order valence-electron chi connectivity index (χ4n) is 2.97. The topological polar surface area (TPSA) is 102 Å². The van der Waals surface area contributed by atoms with E-state index in [-0.39, 0.29) is 24.8 Å². The number of nitrogens with zero attached hydrogens (tertiary/aromatic N) is 3. The summed E-state index contributed by atoms with van der Waals surface area (Å²) in [5, 5.41) is 10.8. The van der Waals surface area contributed by atoms with Gasteiger partial charge in [-0.2, -0.15) is 0 Å². The van der Waals surface area contributed by atoms with Gasteiger partial charge in [0.05, 0.1) is 24.5 Å². The zero-order valence-corrected chi connectivity index (χ0v) is 15.9. The lowest BCUT2D eigenvalue weighted by Crippen LogP contribution is -2.33. The third-order valence-corrected chi connectivity index (χ3v) is 4.19. The van der Waals surface area contributed by atoms with Gasteiger partial charge in [-0.15, -0.1) is 0 Å². The lowest BCUT2D eigenvalue weighted by molar-refractivity contribution is 0.0241. The average Bonchev–Trinajstić information content (AvgIpc) is 2.88. The Morgan fingerprint density at radius 1 is 1.31 bits per heavy atom. The number of amides is 1. The molecule has 3 rings (SSSR count). The Balaban J connectivity index is 2.03. The zero-order valence-electron chi connectivity index (χ0n) is 15.1. The lowest BCUT2D eigenvalue weighted by Gasteiger charge is -2.24. The average molecular weight is 377 g/mol. The van der Waals surface area contributed by atoms with E-state index in [1.165, 1.54) is 11.0 Å². The van der Waals surface area contributed by atoms with E-state index in [1.807, 2.05) is 27.7 Å². The van der Waals surface area contributed by atoms with E-state index in [9.17, 15) is 9.90 Å². The fraction of sp³-hybridized carbons (Fsp3) is 0.389. The number of rotatable bonds is 1. The van der Waals surface area contributed by atoms with Crippen molar-refractivity contribution in [3.63, 3.8) is 0 Å². The largest absolute Gasteiger partial charge is 0.507 e. The summed E-state index contributed by atoms with van der Waals surface area (Å²) in [6, 6.07) is 3.19. The highest BCUT2D eigenvalue weighted by atomic mass is 35.5. The van der Waals surface area contributed by atoms with Gasteiger partial charge in [0, 0.05) is 16.1 Å². The summed E-state index contributed by atoms with van der Waals surface area (Å²) >= 11 is 6.00. The van der Waals surface area contributed by atoms with Crippen molar-refractivity contribution < 1.29 is 14.6 Å². The van der Waals surface area contributed by atoms with Gasteiger partial charge in [-0.3, -0.25) is 4.90 Å². The molecule has 1 amide bonds. The highest BCUT2D eigenvalue weighted by Gasteiger charge is 2.32. The molecule has 0 spiro atoms. The summed E-state index contributed by atoms with van der Waals surface area (Å²) < 4.78 is 5.43. The number of halogens is 1. The van der Waals surface area contributed by atoms with Crippen LogP contribution in [0.15, 0.2) is 12.1 Å². The van der Waals surface area contributed by atoms with E-state index < -0.39 is 11.7 Å². The second kappa shape index (κ2) is 6.32. The van der Waals surface area contributed by atoms with E-state index >= 15 is 0 Å². The number of aromatic hydroxyl groups is 1. The van der Waals surface area contributed by atoms with Crippen LogP contribution in [0.4, 0.5) is 10.7 Å². The number of hydrogen-bond acceptors (Lipinski definition) is 6. The Hall–Kier alpha value is -2.54. The standard InChI is InChI=1S/C18H21ClN4O3/c1-9-5-10(19)6-13(24)14(9)15-11-7-23(17(25)26-18(2,3)4)8-12(11)21-16(20)22-15/h5-6,24H,7-8H2,1-4H3,(H2,20,21,22). The Labute approximate surface area is 156 Å². The molecule has 0 aliphatic carbocycles. The summed E-state index contributed by atoms with van der Waals surface area (Å²) in [4.78, 5) is 22.5. The molecule has 1 aliphatic rings. The van der Waals surface area contributed by atoms with Crippen molar-refractivity contribution in [1.82, 2.24) is 14.9 Å². The maximum absolute atomic E-state index is 12.4. The third kappa shape index (κ3) is 3.53. The van der Waals surface area contributed by atoms with Gasteiger partial charge in [-0.25, -0.2) is 14.8 Å². The van der Waals surface area contributed by atoms with E-state index in [0.29, 0.717) is 22.0 Å². The van der Waals surface area contributed by atoms with Gasteiger partial charge in [0.15, 0.2) is 0 Å². The van der Waals surface area contributed by atoms with Crippen molar-refractivity contribution in [3.8, 4) is 17.0 Å². The molecule has 0 unspecified atom stereocenters. The molecule has 0 fully saturated rings. The van der Waals surface area contributed by atoms with Gasteiger partial charge < -0.3 is 15.6 Å². The number of hydrogen-bond donors (Lipinski definition) is 2. The van der Waals surface area contributed by atoms with Crippen molar-refractivity contribution in [2.45, 2.75) is 46.4 Å². The molecule has 0 saturated carbocycles. The zero-order chi connectivity index (χ0) is 19.2. The van der Waals surface area contributed by atoms with Gasteiger partial charge in [0.2, 0.25) is 5.95 Å². The van der Waals surface area contributed by atoms with Gasteiger partial charge in [0.25, 0.3) is 0 Å². The summed E-state index contributed by atoms with van der Waals surface area (Å²) in [7, 11) is 0. The number of fused-ring (bicyclic) bond motifs is 1. The maximum Gasteiger partial charge on any atom is 0.410 e. The van der Waals surface area contributed by atoms with Gasteiger partial charge in [-0.05, 0) is 45.4 Å². The molecule has 7 nitrogen and oxygen atoms in total. The van der Waals surface area contributed by atoms with Crippen LogP contribution in [0.1, 0.15) is 37.6 Å². The second-order valence-electron chi connectivity index (χ2n) is 7.31. The Morgan fingerprint density at radius 3 is 2.62 bits per heavy atom. The molecule has 1 aliphatic heterocycles. The Bertz CT molecular complexity index is 870. The number of nitrogen functional groups attached to an aromatic ring is 1. The summed E-state index contributed by atoms with van der Waals surface area (Å²) in [5.74, 6) is 0.0876. The molecule has 2 aromatic rings. The monoisotopic (exact) mass is 376 g/mol. The van der Waals surface area contributed by atoms with Crippen molar-refractivity contribution in [1.29, 1.82) is 0 Å². The number of carbonyl (C=O) groups excluding carboxylic acids is 1. The first-order valence-corrected chi connectivity index (χ1v) is 8.55. The third-order valence-electron chi connectivity index (χ3n) is 3.97. The number of anilines is 1. The molecule has 1 aromatic carbocycles. The van der Waals surface area contributed by atoms with Crippen molar-refractivity contribution in [2.24, 2.45) is 0 Å². The lowest BCUT2D eigenvalue weighted by atomic mass is 10.00. The molecule has 8 heteroatoms. The SMILES string of the molecule is Cc1cc(Cl)cc(O)c1-c1nc(N)nc2c1CN(C(=O)OC(C)(C)C)C2. The van der Waals surface area contributed by atoms with Crippen LogP contribution in [0.2, 0.25) is 5.02 Å². The van der Waals surface area contributed by atoms with E-state index in [0.717, 1.165) is 11.1 Å². The van der Waals surface area contributed by atoms with Crippen LogP contribution in [0.25, 0.3) is 11.3 Å². The highest BCUT2D eigenvalue weighted by molar-refractivity contribution is 6.31. The van der Waals surface area contributed by atoms with Crippen LogP contribution in [0.5, 0.6) is 5.75 Å². The molecular weight excluding hydrogens is 356 g/mol. The number of ether oxygens (including phenoxy) is 1. The quantitative estimate of drug-likeness (QED) is 0.787. The Morgan fingerprint density at radius 2 is 2.00 bits per heavy atom. The van der Waals surface area contributed by atoms with E-state index in [4.69, 9.17) is 22.1 Å². The molecule has 26 heavy (non-hydrogen) atoms. The molecule has 0 radical (unpaired) electrons. The second-order valence-corrected chi connectivity index (χ2v) is 7.75. The predicted octanol–water partition coefficient (Wildman–Crippen LogP) is 3.64. The molecule has 0 saturated heterocycles. The van der Waals surface area contributed by atoms with Crippen molar-refractivity contribution >= 4 is 23.6 Å². The molecule has 2 heterocycles. The number of nitrogens with two attached hydrogens (primary N) is 1. The minimum atomic E-state index is -0.593. The number of aryl methyl sites for hydroxylation is 1. The van der Waals surface area contributed by atoms with E-state index in [2.05, 4.69) is 9.97 Å². The number of carbonyl (C=O) groups is 1. The molecule has 3 N–H and O–H groups in total. The first-order chi connectivity index (χ1) is 12.0. The summed E-state index contributed by atoms with van der Waals surface area (Å²) in [6.07, 6.45) is -0.433. The first-order valence-electron chi connectivity index (χ1n) is 8.18. The van der Waals surface area contributed by atoms with Crippen LogP contribution in [0.3, 0.4) is 0 Å².